The molecule has 1 spiro atoms. The molecule has 1 aromatic carbocycles. The van der Waals surface area contributed by atoms with Crippen LogP contribution in [0.25, 0.3) is 0 Å². The summed E-state index contributed by atoms with van der Waals surface area (Å²) in [5.41, 5.74) is 2.76. The van der Waals surface area contributed by atoms with Gasteiger partial charge < -0.3 is 4.90 Å². The van der Waals surface area contributed by atoms with Crippen molar-refractivity contribution in [3.05, 3.63) is 34.9 Å². The summed E-state index contributed by atoms with van der Waals surface area (Å²) in [5, 5.41) is 0. The van der Waals surface area contributed by atoms with Gasteiger partial charge >= 0.3 is 6.03 Å². The molecule has 4 heteroatoms. The number of hydrogen-bond donors (Lipinski definition) is 0. The van der Waals surface area contributed by atoms with E-state index in [9.17, 15) is 9.59 Å². The van der Waals surface area contributed by atoms with Gasteiger partial charge in [0.2, 0.25) is 0 Å². The molecule has 118 valence electrons. The van der Waals surface area contributed by atoms with E-state index in [4.69, 9.17) is 0 Å². The van der Waals surface area contributed by atoms with Gasteiger partial charge in [-0.15, -0.1) is 0 Å². The molecule has 0 radical (unpaired) electrons. The van der Waals surface area contributed by atoms with E-state index >= 15 is 0 Å². The highest BCUT2D eigenvalue weighted by atomic mass is 16.2. The van der Waals surface area contributed by atoms with E-state index in [0.29, 0.717) is 6.54 Å². The molecule has 0 N–H and O–H groups in total. The second-order valence-corrected chi connectivity index (χ2v) is 6.76. The Bertz CT molecular complexity index is 618. The third kappa shape index (κ3) is 2.21. The summed E-state index contributed by atoms with van der Waals surface area (Å²) in [6, 6.07) is 6.03. The van der Waals surface area contributed by atoms with Crippen LogP contribution in [-0.4, -0.2) is 34.3 Å². The van der Waals surface area contributed by atoms with Crippen LogP contribution in [0.1, 0.15) is 48.8 Å². The van der Waals surface area contributed by atoms with Gasteiger partial charge in [0, 0.05) is 7.05 Å². The molecule has 1 heterocycles. The number of rotatable bonds is 2. The van der Waals surface area contributed by atoms with Gasteiger partial charge in [-0.3, -0.25) is 9.69 Å². The SMILES string of the molecule is Cc1ccc(C)c(CN2C(=O)N(C)C3(CCCCC3)C2=O)c1. The quantitative estimate of drug-likeness (QED) is 0.785. The van der Waals surface area contributed by atoms with E-state index in [1.807, 2.05) is 13.8 Å². The van der Waals surface area contributed by atoms with E-state index in [-0.39, 0.29) is 11.9 Å². The Balaban J connectivity index is 1.90. The second-order valence-electron chi connectivity index (χ2n) is 6.76. The molecule has 1 saturated heterocycles. The fourth-order valence-corrected chi connectivity index (χ4v) is 3.81. The maximum Gasteiger partial charge on any atom is 0.327 e. The van der Waals surface area contributed by atoms with Crippen LogP contribution in [0.15, 0.2) is 18.2 Å². The smallest absolute Gasteiger partial charge is 0.313 e. The Hall–Kier alpha value is -1.84. The first kappa shape index (κ1) is 15.1. The lowest BCUT2D eigenvalue weighted by atomic mass is 9.80. The predicted molar refractivity (Wildman–Crippen MR) is 85.4 cm³/mol. The van der Waals surface area contributed by atoms with Crippen LogP contribution in [0.5, 0.6) is 0 Å². The number of likely N-dealkylation sites (N-methyl/N-ethyl adjacent to an activating group) is 1. The molecule has 1 saturated carbocycles. The van der Waals surface area contributed by atoms with Crippen LogP contribution >= 0.6 is 0 Å². The molecule has 4 nitrogen and oxygen atoms in total. The molecule has 0 aromatic heterocycles. The molecule has 3 rings (SSSR count). The molecule has 0 unspecified atom stereocenters. The highest BCUT2D eigenvalue weighted by molar-refractivity contribution is 6.06. The number of aryl methyl sites for hydroxylation is 2. The molecule has 2 aliphatic rings. The Kier molecular flexibility index (Phi) is 3.71. The number of amides is 3. The zero-order valence-electron chi connectivity index (χ0n) is 13.7. The predicted octanol–water partition coefficient (Wildman–Crippen LogP) is 3.40. The van der Waals surface area contributed by atoms with Crippen molar-refractivity contribution in [2.45, 2.75) is 58.0 Å². The summed E-state index contributed by atoms with van der Waals surface area (Å²) in [6.07, 6.45) is 4.82. The number of carbonyl (C=O) groups is 2. The molecular formula is C18H24N2O2. The largest absolute Gasteiger partial charge is 0.327 e. The van der Waals surface area contributed by atoms with Crippen LogP contribution in [0.3, 0.4) is 0 Å². The summed E-state index contributed by atoms with van der Waals surface area (Å²) in [7, 11) is 1.79. The highest BCUT2D eigenvalue weighted by Crippen LogP contribution is 2.40. The summed E-state index contributed by atoms with van der Waals surface area (Å²) < 4.78 is 0. The molecule has 1 aromatic rings. The fourth-order valence-electron chi connectivity index (χ4n) is 3.81. The minimum Gasteiger partial charge on any atom is -0.313 e. The van der Waals surface area contributed by atoms with Crippen molar-refractivity contribution in [2.24, 2.45) is 0 Å². The Morgan fingerprint density at radius 2 is 1.77 bits per heavy atom. The molecule has 1 aliphatic heterocycles. The summed E-state index contributed by atoms with van der Waals surface area (Å²) in [5.74, 6) is 0.000561. The zero-order valence-corrected chi connectivity index (χ0v) is 13.7. The molecule has 1 aliphatic carbocycles. The van der Waals surface area contributed by atoms with Gasteiger partial charge in [-0.25, -0.2) is 4.79 Å². The first-order valence-electron chi connectivity index (χ1n) is 8.11. The monoisotopic (exact) mass is 300 g/mol. The van der Waals surface area contributed by atoms with Crippen molar-refractivity contribution in [3.63, 3.8) is 0 Å². The van der Waals surface area contributed by atoms with Crippen molar-refractivity contribution < 1.29 is 9.59 Å². The standard InChI is InChI=1S/C18H24N2O2/c1-13-7-8-14(2)15(11-13)12-20-16(21)18(19(3)17(20)22)9-5-4-6-10-18/h7-8,11H,4-6,9-10,12H2,1-3H3. The molecule has 22 heavy (non-hydrogen) atoms. The van der Waals surface area contributed by atoms with Crippen LogP contribution in [0.4, 0.5) is 4.79 Å². The van der Waals surface area contributed by atoms with Gasteiger partial charge in [0.25, 0.3) is 5.91 Å². The van der Waals surface area contributed by atoms with Crippen molar-refractivity contribution in [2.75, 3.05) is 7.05 Å². The van der Waals surface area contributed by atoms with E-state index < -0.39 is 5.54 Å². The summed E-state index contributed by atoms with van der Waals surface area (Å²) in [6.45, 7) is 4.45. The fraction of sp³-hybridized carbons (Fsp3) is 0.556. The lowest BCUT2D eigenvalue weighted by Crippen LogP contribution is -2.49. The van der Waals surface area contributed by atoms with E-state index in [0.717, 1.165) is 48.8 Å². The van der Waals surface area contributed by atoms with Crippen molar-refractivity contribution in [1.29, 1.82) is 0 Å². The third-order valence-electron chi connectivity index (χ3n) is 5.32. The minimum atomic E-state index is -0.576. The van der Waals surface area contributed by atoms with Crippen molar-refractivity contribution in [1.82, 2.24) is 9.80 Å². The van der Waals surface area contributed by atoms with Crippen molar-refractivity contribution >= 4 is 11.9 Å². The summed E-state index contributed by atoms with van der Waals surface area (Å²) in [4.78, 5) is 28.7. The number of nitrogens with zero attached hydrogens (tertiary/aromatic N) is 2. The number of carbonyl (C=O) groups excluding carboxylic acids is 2. The maximum absolute atomic E-state index is 13.0. The Labute approximate surface area is 132 Å². The minimum absolute atomic E-state index is 0.000561. The van der Waals surface area contributed by atoms with E-state index in [1.165, 1.54) is 4.90 Å². The molecule has 0 bridgehead atoms. The van der Waals surface area contributed by atoms with Crippen molar-refractivity contribution in [3.8, 4) is 0 Å². The lowest BCUT2D eigenvalue weighted by Gasteiger charge is -2.35. The van der Waals surface area contributed by atoms with Gasteiger partial charge in [-0.1, -0.05) is 43.0 Å². The maximum atomic E-state index is 13.0. The van der Waals surface area contributed by atoms with Crippen LogP contribution in [0, 0.1) is 13.8 Å². The van der Waals surface area contributed by atoms with Crippen LogP contribution in [-0.2, 0) is 11.3 Å². The van der Waals surface area contributed by atoms with Gasteiger partial charge in [0.15, 0.2) is 0 Å². The summed E-state index contributed by atoms with van der Waals surface area (Å²) >= 11 is 0. The third-order valence-corrected chi connectivity index (χ3v) is 5.32. The Morgan fingerprint density at radius 3 is 2.45 bits per heavy atom. The van der Waals surface area contributed by atoms with Gasteiger partial charge in [-0.05, 0) is 37.8 Å². The molecular weight excluding hydrogens is 276 g/mol. The van der Waals surface area contributed by atoms with Gasteiger partial charge in [0.1, 0.15) is 5.54 Å². The number of hydrogen-bond acceptors (Lipinski definition) is 2. The van der Waals surface area contributed by atoms with Crippen LogP contribution in [0.2, 0.25) is 0 Å². The lowest BCUT2D eigenvalue weighted by molar-refractivity contribution is -0.134. The van der Waals surface area contributed by atoms with Gasteiger partial charge in [0.05, 0.1) is 6.54 Å². The van der Waals surface area contributed by atoms with E-state index in [1.54, 1.807) is 11.9 Å². The normalized spacial score (nSPS) is 21.0. The Morgan fingerprint density at radius 1 is 1.09 bits per heavy atom. The number of benzene rings is 1. The average Bonchev–Trinajstić information content (AvgIpc) is 2.68. The number of urea groups is 1. The average molecular weight is 300 g/mol. The topological polar surface area (TPSA) is 40.6 Å². The molecule has 0 atom stereocenters. The second kappa shape index (κ2) is 5.41. The first-order valence-corrected chi connectivity index (χ1v) is 8.11. The van der Waals surface area contributed by atoms with E-state index in [2.05, 4.69) is 18.2 Å². The van der Waals surface area contributed by atoms with Gasteiger partial charge in [-0.2, -0.15) is 0 Å². The molecule has 2 fully saturated rings. The first-order chi connectivity index (χ1) is 10.5. The highest BCUT2D eigenvalue weighted by Gasteiger charge is 2.55. The number of imide groups is 1. The van der Waals surface area contributed by atoms with Crippen LogP contribution < -0.4 is 0 Å². The molecule has 3 amide bonds. The zero-order chi connectivity index (χ0) is 15.9.